The van der Waals surface area contributed by atoms with Gasteiger partial charge in [0.25, 0.3) is 0 Å². The Morgan fingerprint density at radius 3 is 2.38 bits per heavy atom. The number of likely N-dealkylation sites (tertiary alicyclic amines) is 1. The summed E-state index contributed by atoms with van der Waals surface area (Å²) in [6, 6.07) is -1.72. The van der Waals surface area contributed by atoms with E-state index in [-0.39, 0.29) is 30.7 Å². The number of aliphatic hydroxyl groups excluding tert-OH is 1. The molecule has 0 aromatic rings. The number of alkyl carbamates (subject to hydrolysis) is 1. The summed E-state index contributed by atoms with van der Waals surface area (Å²) in [6.45, 7) is 5.17. The van der Waals surface area contributed by atoms with E-state index in [0.717, 1.165) is 23.6 Å². The van der Waals surface area contributed by atoms with E-state index in [0.29, 0.717) is 19.3 Å². The van der Waals surface area contributed by atoms with E-state index in [1.54, 1.807) is 20.8 Å². The molecular formula is C26H45N5O8S. The second-order valence-corrected chi connectivity index (χ2v) is 13.4. The van der Waals surface area contributed by atoms with Crippen molar-refractivity contribution >= 4 is 34.0 Å². The molecule has 0 aromatic carbocycles. The zero-order chi connectivity index (χ0) is 30.3. The lowest BCUT2D eigenvalue weighted by molar-refractivity contribution is -0.140. The molecular weight excluding hydrogens is 542 g/mol. The first-order valence-corrected chi connectivity index (χ1v) is 15.1. The third-order valence-electron chi connectivity index (χ3n) is 6.73. The predicted octanol–water partition coefficient (Wildman–Crippen LogP) is 0.653. The van der Waals surface area contributed by atoms with Gasteiger partial charge in [-0.1, -0.05) is 25.0 Å². The van der Waals surface area contributed by atoms with E-state index < -0.39 is 51.9 Å². The fourth-order valence-corrected chi connectivity index (χ4v) is 5.05. The van der Waals surface area contributed by atoms with Crippen LogP contribution in [-0.2, 0) is 29.3 Å². The van der Waals surface area contributed by atoms with Gasteiger partial charge in [-0.25, -0.2) is 9.52 Å². The topological polar surface area (TPSA) is 174 Å². The zero-order valence-electron chi connectivity index (χ0n) is 24.3. The highest BCUT2D eigenvalue weighted by Crippen LogP contribution is 2.40. The molecule has 2 aliphatic rings. The summed E-state index contributed by atoms with van der Waals surface area (Å²) in [6.07, 6.45) is 6.36. The van der Waals surface area contributed by atoms with Gasteiger partial charge in [0.2, 0.25) is 17.7 Å². The van der Waals surface area contributed by atoms with Crippen molar-refractivity contribution in [3.05, 3.63) is 12.2 Å². The number of β-amino-alcohol motifs (C(OH)–C–C–N with tert-alkyl or cyclic N) is 1. The molecule has 228 valence electrons. The summed E-state index contributed by atoms with van der Waals surface area (Å²) >= 11 is 0. The molecule has 0 aromatic heterocycles. The van der Waals surface area contributed by atoms with Gasteiger partial charge in [0.15, 0.2) is 0 Å². The number of carbonyl (C=O) groups excluding carboxylic acids is 4. The van der Waals surface area contributed by atoms with Crippen LogP contribution in [0.5, 0.6) is 0 Å². The number of unbranched alkanes of at least 4 members (excludes halogenated alkanes) is 3. The third kappa shape index (κ3) is 10.4. The van der Waals surface area contributed by atoms with E-state index in [2.05, 4.69) is 15.4 Å². The lowest BCUT2D eigenvalue weighted by atomic mass is 10.0. The zero-order valence-corrected chi connectivity index (χ0v) is 25.1. The van der Waals surface area contributed by atoms with Gasteiger partial charge >= 0.3 is 16.3 Å². The number of hydrogen-bond acceptors (Lipinski definition) is 8. The minimum Gasteiger partial charge on any atom is -0.444 e. The number of ether oxygens (including phenoxy) is 1. The van der Waals surface area contributed by atoms with Crippen molar-refractivity contribution in [1.29, 1.82) is 0 Å². The number of allylic oxidation sites excluding steroid dienone is 2. The summed E-state index contributed by atoms with van der Waals surface area (Å²) in [5, 5.41) is 15.3. The molecule has 1 aliphatic carbocycles. The third-order valence-corrected chi connectivity index (χ3v) is 8.15. The van der Waals surface area contributed by atoms with Gasteiger partial charge in [-0.15, -0.1) is 0 Å². The van der Waals surface area contributed by atoms with Crippen LogP contribution in [0.1, 0.15) is 65.7 Å². The first kappa shape index (κ1) is 33.5. The number of likely N-dealkylation sites (N-methyl/N-ethyl adjacent to an activating group) is 1. The molecule has 2 fully saturated rings. The van der Waals surface area contributed by atoms with Crippen LogP contribution in [0.3, 0.4) is 0 Å². The molecule has 4 N–H and O–H groups in total. The number of carbonyl (C=O) groups is 4. The molecule has 14 heteroatoms. The molecule has 0 radical (unpaired) electrons. The van der Waals surface area contributed by atoms with Crippen LogP contribution < -0.4 is 15.4 Å². The second kappa shape index (κ2) is 14.3. The van der Waals surface area contributed by atoms with Crippen LogP contribution >= 0.6 is 0 Å². The van der Waals surface area contributed by atoms with Crippen molar-refractivity contribution in [2.24, 2.45) is 11.8 Å². The maximum atomic E-state index is 13.4. The summed E-state index contributed by atoms with van der Waals surface area (Å²) in [5.74, 6) is -1.64. The van der Waals surface area contributed by atoms with Gasteiger partial charge in [0.1, 0.15) is 17.7 Å². The van der Waals surface area contributed by atoms with Crippen LogP contribution in [0.25, 0.3) is 0 Å². The Morgan fingerprint density at radius 2 is 1.77 bits per heavy atom. The fourth-order valence-electron chi connectivity index (χ4n) is 4.46. The van der Waals surface area contributed by atoms with Crippen LogP contribution in [0.15, 0.2) is 12.2 Å². The Morgan fingerprint density at radius 1 is 1.10 bits per heavy atom. The first-order valence-electron chi connectivity index (χ1n) is 13.7. The molecule has 0 bridgehead atoms. The number of hydrogen-bond donors (Lipinski definition) is 4. The number of amides is 4. The van der Waals surface area contributed by atoms with Crippen LogP contribution in [-0.4, -0.2) is 98.0 Å². The number of rotatable bonds is 13. The molecule has 2 rings (SSSR count). The van der Waals surface area contributed by atoms with E-state index in [9.17, 15) is 32.7 Å². The molecule has 1 saturated carbocycles. The van der Waals surface area contributed by atoms with Crippen LogP contribution in [0.4, 0.5) is 4.79 Å². The minimum absolute atomic E-state index is 0.00940. The largest absolute Gasteiger partial charge is 0.444 e. The maximum absolute atomic E-state index is 13.4. The van der Waals surface area contributed by atoms with Crippen molar-refractivity contribution in [2.75, 3.05) is 27.7 Å². The number of nitrogens with one attached hydrogen (secondary N) is 3. The van der Waals surface area contributed by atoms with Crippen molar-refractivity contribution < 1.29 is 37.4 Å². The van der Waals surface area contributed by atoms with Gasteiger partial charge in [-0.2, -0.15) is 12.7 Å². The summed E-state index contributed by atoms with van der Waals surface area (Å²) < 4.78 is 31.9. The van der Waals surface area contributed by atoms with E-state index in [1.807, 2.05) is 12.2 Å². The molecule has 1 aliphatic heterocycles. The van der Waals surface area contributed by atoms with Gasteiger partial charge in [-0.05, 0) is 52.4 Å². The SMILES string of the molecule is CNC(=O)C1CC(O)CN1C(=O)C(CCCCCC=CC1CC1C(=O)NS(=O)(=O)N(C)C)NC(=O)OC(C)(C)C. The predicted molar refractivity (Wildman–Crippen MR) is 148 cm³/mol. The van der Waals surface area contributed by atoms with Gasteiger partial charge in [0, 0.05) is 40.0 Å². The highest BCUT2D eigenvalue weighted by molar-refractivity contribution is 7.87. The maximum Gasteiger partial charge on any atom is 0.408 e. The first-order chi connectivity index (χ1) is 18.6. The normalized spacial score (nSPS) is 23.6. The smallest absolute Gasteiger partial charge is 0.408 e. The molecule has 1 saturated heterocycles. The lowest BCUT2D eigenvalue weighted by Crippen LogP contribution is -2.53. The Bertz CT molecular complexity index is 1060. The van der Waals surface area contributed by atoms with Crippen LogP contribution in [0, 0.1) is 11.8 Å². The van der Waals surface area contributed by atoms with Gasteiger partial charge in [0.05, 0.1) is 6.10 Å². The molecule has 0 spiro atoms. The highest BCUT2D eigenvalue weighted by atomic mass is 32.2. The summed E-state index contributed by atoms with van der Waals surface area (Å²) in [7, 11) is 0.377. The Hall–Kier alpha value is -2.71. The van der Waals surface area contributed by atoms with Crippen molar-refractivity contribution in [3.8, 4) is 0 Å². The lowest BCUT2D eigenvalue weighted by Gasteiger charge is -2.29. The molecule has 4 amide bonds. The quantitative estimate of drug-likeness (QED) is 0.179. The second-order valence-electron chi connectivity index (χ2n) is 11.5. The molecule has 13 nitrogen and oxygen atoms in total. The molecule has 40 heavy (non-hydrogen) atoms. The molecule has 5 unspecified atom stereocenters. The monoisotopic (exact) mass is 587 g/mol. The highest BCUT2D eigenvalue weighted by Gasteiger charge is 2.43. The average Bonchev–Trinajstić information content (AvgIpc) is 3.52. The number of nitrogens with zero attached hydrogens (tertiary/aromatic N) is 2. The summed E-state index contributed by atoms with van der Waals surface area (Å²) in [5.41, 5.74) is -0.750. The van der Waals surface area contributed by atoms with Crippen molar-refractivity contribution in [2.45, 2.75) is 89.5 Å². The Kier molecular flexibility index (Phi) is 11.9. The average molecular weight is 588 g/mol. The number of aliphatic hydroxyl groups is 1. The van der Waals surface area contributed by atoms with Crippen LogP contribution in [0.2, 0.25) is 0 Å². The standard InChI is InChI=1S/C26H45N5O8S/c1-26(2,3)39-25(36)28-20(24(35)31-16-18(32)15-21(31)23(34)27-4)13-11-9-7-8-10-12-17-14-19(17)22(33)29-40(37,38)30(5)6/h10,12,17-21,32H,7-9,11,13-16H2,1-6H3,(H,27,34)(H,28,36)(H,29,33). The van der Waals surface area contributed by atoms with E-state index in [4.69, 9.17) is 4.74 Å². The molecule has 5 atom stereocenters. The Labute approximate surface area is 237 Å². The van der Waals surface area contributed by atoms with E-state index >= 15 is 0 Å². The summed E-state index contributed by atoms with van der Waals surface area (Å²) in [4.78, 5) is 51.5. The minimum atomic E-state index is -3.79. The van der Waals surface area contributed by atoms with Gasteiger partial charge < -0.3 is 25.4 Å². The molecule has 1 heterocycles. The van der Waals surface area contributed by atoms with E-state index in [1.165, 1.54) is 26.0 Å². The van der Waals surface area contributed by atoms with Crippen molar-refractivity contribution in [1.82, 2.24) is 24.6 Å². The fraction of sp³-hybridized carbons (Fsp3) is 0.769. The van der Waals surface area contributed by atoms with Crippen molar-refractivity contribution in [3.63, 3.8) is 0 Å². The Balaban J connectivity index is 1.85. The van der Waals surface area contributed by atoms with Gasteiger partial charge in [-0.3, -0.25) is 14.4 Å².